The molecule has 0 aromatic heterocycles. The Kier molecular flexibility index (Phi) is 40.5. The summed E-state index contributed by atoms with van der Waals surface area (Å²) in [5.41, 5.74) is 8.80. The van der Waals surface area contributed by atoms with E-state index >= 15 is 0 Å². The Hall–Kier alpha value is 0.120. The molecule has 0 aliphatic rings. The summed E-state index contributed by atoms with van der Waals surface area (Å²) in [5.74, 6) is 0. The first-order chi connectivity index (χ1) is 5.38. The molecule has 0 fully saturated rings. The van der Waals surface area contributed by atoms with Gasteiger partial charge in [-0.1, -0.05) is 26.7 Å². The van der Waals surface area contributed by atoms with Crippen LogP contribution in [0, 0.1) is 0 Å². The van der Waals surface area contributed by atoms with Gasteiger partial charge in [-0.15, -0.1) is 0 Å². The van der Waals surface area contributed by atoms with Gasteiger partial charge in [0.2, 0.25) is 0 Å². The number of thiocarbonyl (C=S) groups is 2. The van der Waals surface area contributed by atoms with Crippen LogP contribution in [0.2, 0.25) is 0 Å². The van der Waals surface area contributed by atoms with E-state index in [0.717, 1.165) is 0 Å². The topological polar surface area (TPSA) is 92.5 Å². The largest absolute Gasteiger partial charge is 0.487 e. The number of aliphatic hydroxyl groups excluding tert-OH is 2. The molecule has 0 atom stereocenters. The van der Waals surface area contributed by atoms with Gasteiger partial charge in [0.15, 0.2) is 0 Å². The van der Waals surface area contributed by atoms with E-state index in [4.69, 9.17) is 10.2 Å². The molecule has 0 amide bonds. The van der Waals surface area contributed by atoms with E-state index in [0.29, 0.717) is 0 Å². The summed E-state index contributed by atoms with van der Waals surface area (Å²) in [7, 11) is 0. The maximum Gasteiger partial charge on any atom is 0.251 e. The quantitative estimate of drug-likeness (QED) is 0.431. The molecule has 7 heteroatoms. The van der Waals surface area contributed by atoms with Crippen molar-refractivity contribution in [2.75, 3.05) is 0 Å². The maximum atomic E-state index is 7.56. The van der Waals surface area contributed by atoms with Crippen LogP contribution >= 0.6 is 24.4 Å². The molecule has 0 bridgehead atoms. The molecule has 0 aromatic carbocycles. The summed E-state index contributed by atoms with van der Waals surface area (Å²) < 4.78 is 0. The number of rotatable bonds is 1. The number of aliphatic hydroxyl groups is 2. The van der Waals surface area contributed by atoms with Crippen LogP contribution in [-0.4, -0.2) is 20.6 Å². The van der Waals surface area contributed by atoms with Gasteiger partial charge in [-0.2, -0.15) is 0 Å². The van der Waals surface area contributed by atoms with Gasteiger partial charge in [0.05, 0.1) is 0 Å². The molecule has 6 N–H and O–H groups in total. The molecule has 0 rings (SSSR count). The van der Waals surface area contributed by atoms with E-state index in [9.17, 15) is 0 Å². The summed E-state index contributed by atoms with van der Waals surface area (Å²) in [4.78, 5) is 0. The Bertz CT molecular complexity index is 103. The molecular weight excluding hydrogens is 304 g/mol. The fourth-order valence-corrected chi connectivity index (χ4v) is 0. The van der Waals surface area contributed by atoms with Crippen LogP contribution in [0.5, 0.6) is 0 Å². The Balaban J connectivity index is -0.0000000450. The molecule has 0 aliphatic carbocycles. The van der Waals surface area contributed by atoms with Gasteiger partial charge in [0.25, 0.3) is 10.3 Å². The van der Waals surface area contributed by atoms with Crippen molar-refractivity contribution in [1.82, 2.24) is 0 Å². The molecule has 0 spiro atoms. The fraction of sp³-hybridized carbons (Fsp3) is 0.667. The maximum absolute atomic E-state index is 7.56. The van der Waals surface area contributed by atoms with Crippen LogP contribution in [0.15, 0.2) is 0 Å². The zero-order chi connectivity index (χ0) is 10.6. The van der Waals surface area contributed by atoms with Crippen LogP contribution in [0.3, 0.4) is 0 Å². The average molecular weight is 320 g/mol. The van der Waals surface area contributed by atoms with Crippen molar-refractivity contribution >= 4 is 34.8 Å². The van der Waals surface area contributed by atoms with Crippen molar-refractivity contribution in [1.29, 1.82) is 0 Å². The molecule has 0 heterocycles. The minimum absolute atomic E-state index is 0. The van der Waals surface area contributed by atoms with Gasteiger partial charge in [-0.25, -0.2) is 0 Å². The minimum Gasteiger partial charge on any atom is -0.487 e. The van der Waals surface area contributed by atoms with E-state index < -0.39 is 10.3 Å². The van der Waals surface area contributed by atoms with Crippen molar-refractivity contribution in [3.63, 3.8) is 0 Å². The van der Waals surface area contributed by atoms with Crippen LogP contribution in [-0.2, 0) is 22.4 Å². The third-order valence-corrected chi connectivity index (χ3v) is 0.500. The van der Waals surface area contributed by atoms with E-state index in [1.165, 1.54) is 12.8 Å². The number of nitrogens with two attached hydrogens (primary N) is 2. The normalized spacial score (nSPS) is 6.00. The summed E-state index contributed by atoms with van der Waals surface area (Å²) in [6.07, 6.45) is 2.64. The predicted octanol–water partition coefficient (Wildman–Crippen LogP) is 1.38. The van der Waals surface area contributed by atoms with Gasteiger partial charge in [-0.05, 0) is 24.4 Å². The van der Waals surface area contributed by atoms with Crippen LogP contribution < -0.4 is 11.5 Å². The Morgan fingerprint density at radius 2 is 1.08 bits per heavy atom. The Labute approximate surface area is 105 Å². The molecule has 0 aromatic rings. The first-order valence-corrected chi connectivity index (χ1v) is 4.16. The summed E-state index contributed by atoms with van der Waals surface area (Å²) in [5, 5.41) is 14.1. The van der Waals surface area contributed by atoms with Crippen molar-refractivity contribution in [3.05, 3.63) is 0 Å². The molecule has 4 nitrogen and oxygen atoms in total. The molecule has 85 valence electrons. The minimum atomic E-state index is -0.500. The van der Waals surface area contributed by atoms with E-state index in [2.05, 4.69) is 49.8 Å². The molecule has 0 unspecified atom stereocenters. The van der Waals surface area contributed by atoms with Crippen LogP contribution in [0.1, 0.15) is 26.7 Å². The zero-order valence-corrected chi connectivity index (χ0v) is 10.7. The number of hydrogen-bond donors (Lipinski definition) is 4. The van der Waals surface area contributed by atoms with E-state index in [1.54, 1.807) is 0 Å². The summed E-state index contributed by atoms with van der Waals surface area (Å²) >= 11 is 7.74. The average Bonchev–Trinajstić information content (AvgIpc) is 1.85. The first-order valence-electron chi connectivity index (χ1n) is 3.35. The SMILES string of the molecule is CCCC.NC(O)=S.NC(O)=S.[Ag]. The van der Waals surface area contributed by atoms with Crippen LogP contribution in [0.25, 0.3) is 0 Å². The monoisotopic (exact) mass is 319 g/mol. The molecule has 13 heavy (non-hydrogen) atoms. The molecule has 1 radical (unpaired) electrons. The van der Waals surface area contributed by atoms with Gasteiger partial charge < -0.3 is 21.7 Å². The van der Waals surface area contributed by atoms with Gasteiger partial charge in [0, 0.05) is 22.4 Å². The molecule has 0 aliphatic heterocycles. The standard InChI is InChI=1S/C4H10.2CH3NOS.Ag/c1-3-4-2;2*2-1(3)4;/h3-4H2,1-2H3;2*(H3,2,3,4);. The Morgan fingerprint density at radius 3 is 1.08 bits per heavy atom. The van der Waals surface area contributed by atoms with Crippen LogP contribution in [0.4, 0.5) is 0 Å². The first kappa shape index (κ1) is 23.2. The van der Waals surface area contributed by atoms with Crippen molar-refractivity contribution in [3.8, 4) is 0 Å². The third-order valence-electron chi connectivity index (χ3n) is 0.500. The second kappa shape index (κ2) is 22.7. The second-order valence-corrected chi connectivity index (χ2v) is 2.51. The van der Waals surface area contributed by atoms with Crippen molar-refractivity contribution in [2.45, 2.75) is 26.7 Å². The van der Waals surface area contributed by atoms with Crippen molar-refractivity contribution < 1.29 is 32.6 Å². The molecule has 0 saturated carbocycles. The Morgan fingerprint density at radius 1 is 1.00 bits per heavy atom. The van der Waals surface area contributed by atoms with Gasteiger partial charge >= 0.3 is 0 Å². The fourth-order valence-electron chi connectivity index (χ4n) is 0. The summed E-state index contributed by atoms with van der Waals surface area (Å²) in [6.45, 7) is 4.36. The zero-order valence-electron chi connectivity index (χ0n) is 7.58. The van der Waals surface area contributed by atoms with E-state index in [-0.39, 0.29) is 22.4 Å². The predicted molar refractivity (Wildman–Crippen MR) is 59.4 cm³/mol. The smallest absolute Gasteiger partial charge is 0.251 e. The number of hydrogen-bond acceptors (Lipinski definition) is 2. The van der Waals surface area contributed by atoms with Gasteiger partial charge in [-0.3, -0.25) is 0 Å². The second-order valence-electron chi connectivity index (χ2n) is 1.68. The van der Waals surface area contributed by atoms with E-state index in [1.807, 2.05) is 0 Å². The molecule has 0 saturated heterocycles. The summed E-state index contributed by atoms with van der Waals surface area (Å²) in [6, 6.07) is 0. The number of unbranched alkanes of at least 4 members (excludes halogenated alkanes) is 1. The molecular formula is C6H16AgN2O2S2. The van der Waals surface area contributed by atoms with Gasteiger partial charge in [0.1, 0.15) is 0 Å². The van der Waals surface area contributed by atoms with Crippen molar-refractivity contribution in [2.24, 2.45) is 11.5 Å². The third kappa shape index (κ3) is 989.